The fourth-order valence-electron chi connectivity index (χ4n) is 1.84. The number of quaternary nitrogens is 1. The van der Waals surface area contributed by atoms with Crippen molar-refractivity contribution in [3.63, 3.8) is 0 Å². The highest BCUT2D eigenvalue weighted by molar-refractivity contribution is 8.13. The number of hydrogen-bond donors (Lipinski definition) is 0. The van der Waals surface area contributed by atoms with Gasteiger partial charge in [0.05, 0.1) is 65.7 Å². The van der Waals surface area contributed by atoms with Crippen LogP contribution in [0.25, 0.3) is 0 Å². The zero-order chi connectivity index (χ0) is 27.4. The molecule has 0 saturated heterocycles. The maximum Gasteiger partial charge on any atom is 0.420 e. The van der Waals surface area contributed by atoms with Gasteiger partial charge in [0, 0.05) is 18.0 Å². The van der Waals surface area contributed by atoms with Gasteiger partial charge in [0.2, 0.25) is 0 Å². The van der Waals surface area contributed by atoms with E-state index in [2.05, 4.69) is 9.72 Å². The Balaban J connectivity index is 0.0000122. The molecule has 0 fully saturated rings. The van der Waals surface area contributed by atoms with Gasteiger partial charge in [-0.25, -0.2) is 23.9 Å². The average Bonchev–Trinajstić information content (AvgIpc) is 3.06. The predicted molar refractivity (Wildman–Crippen MR) is 95.1 cm³/mol. The zero-order valence-electron chi connectivity index (χ0n) is 23.9. The van der Waals surface area contributed by atoms with Crippen molar-refractivity contribution in [2.24, 2.45) is 0 Å². The third-order valence-corrected chi connectivity index (χ3v) is 3.72. The number of ether oxygens (including phenoxy) is 3. The first-order valence-electron chi connectivity index (χ1n) is 12.0. The number of rotatable bonds is 7. The lowest BCUT2D eigenvalue weighted by Gasteiger charge is -2.31. The summed E-state index contributed by atoms with van der Waals surface area (Å²) < 4.78 is 82.9. The summed E-state index contributed by atoms with van der Waals surface area (Å²) in [7, 11) is 0.835. The third-order valence-electron chi connectivity index (χ3n) is 2.97. The van der Waals surface area contributed by atoms with E-state index in [0.29, 0.717) is 11.8 Å². The molecule has 1 rings (SSSR count). The number of carbonyl (C=O) groups is 3. The molecule has 0 radical (unpaired) electrons. The van der Waals surface area contributed by atoms with E-state index in [1.54, 1.807) is 6.92 Å². The van der Waals surface area contributed by atoms with Crippen LogP contribution in [0, 0.1) is 0 Å². The van der Waals surface area contributed by atoms with E-state index in [1.807, 2.05) is 0 Å². The molecule has 1 atom stereocenters. The van der Waals surface area contributed by atoms with Crippen LogP contribution in [0.1, 0.15) is 31.9 Å². The Morgan fingerprint density at radius 2 is 1.89 bits per heavy atom. The molecule has 1 aromatic heterocycles. The van der Waals surface area contributed by atoms with Crippen LogP contribution in [0.5, 0.6) is 0 Å². The van der Waals surface area contributed by atoms with Crippen molar-refractivity contribution in [1.29, 1.82) is 0 Å². The number of halogens is 1. The van der Waals surface area contributed by atoms with Gasteiger partial charge in [-0.1, -0.05) is 0 Å². The van der Waals surface area contributed by atoms with Crippen molar-refractivity contribution in [2.45, 2.75) is 31.5 Å². The number of hydrogen-bond acceptors (Lipinski definition) is 8. The van der Waals surface area contributed by atoms with E-state index >= 15 is 0 Å². The van der Waals surface area contributed by atoms with Crippen molar-refractivity contribution < 1.29 is 69.4 Å². The van der Waals surface area contributed by atoms with E-state index in [4.69, 9.17) is 21.8 Å². The molecule has 0 N–H and O–H groups in total. The van der Waals surface area contributed by atoms with Gasteiger partial charge in [0.1, 0.15) is 0 Å². The lowest BCUT2D eigenvalue weighted by molar-refractivity contribution is -0.887. The van der Waals surface area contributed by atoms with Crippen LogP contribution in [0.15, 0.2) is 11.4 Å². The minimum absolute atomic E-state index is 0. The SMILES string of the molecule is [2H]C([2H])([2H])[N+]([C@@H](Cc1cn(C(=O)OCC)c(SC(=O)OCC)n1)C(=O)OC)(C([2H])([2H])[2H])C([2H])([2H])[2H].[I-]. The number of methoxy groups -OCH3 is 1. The van der Waals surface area contributed by atoms with Crippen molar-refractivity contribution in [1.82, 2.24) is 9.55 Å². The summed E-state index contributed by atoms with van der Waals surface area (Å²) in [5.74, 6) is -1.45. The highest BCUT2D eigenvalue weighted by atomic mass is 127. The summed E-state index contributed by atoms with van der Waals surface area (Å²) in [6.07, 6.45) is -0.899. The Labute approximate surface area is 193 Å². The lowest BCUT2D eigenvalue weighted by atomic mass is 10.1. The number of imidazole rings is 1. The van der Waals surface area contributed by atoms with Gasteiger partial charge in [0.25, 0.3) is 0 Å². The van der Waals surface area contributed by atoms with Gasteiger partial charge in [-0.3, -0.25) is 0 Å². The molecule has 9 nitrogen and oxygen atoms in total. The highest BCUT2D eigenvalue weighted by Crippen LogP contribution is 2.22. The summed E-state index contributed by atoms with van der Waals surface area (Å²) >= 11 is 0.370. The Morgan fingerprint density at radius 3 is 2.41 bits per heavy atom. The van der Waals surface area contributed by atoms with Gasteiger partial charge in [-0.15, -0.1) is 0 Å². The van der Waals surface area contributed by atoms with Crippen LogP contribution in [-0.4, -0.2) is 78.7 Å². The first-order chi connectivity index (χ1) is 15.9. The summed E-state index contributed by atoms with van der Waals surface area (Å²) in [6.45, 7) is -8.24. The molecule has 1 heterocycles. The Kier molecular flexibility index (Phi) is 5.86. The molecule has 0 bridgehead atoms. The van der Waals surface area contributed by atoms with Crippen LogP contribution in [0.2, 0.25) is 0 Å². The molecule has 0 saturated carbocycles. The Hall–Kier alpha value is -1.34. The average molecular weight is 524 g/mol. The topological polar surface area (TPSA) is 96.7 Å². The van der Waals surface area contributed by atoms with Crippen LogP contribution in [-0.2, 0) is 25.4 Å². The second-order valence-electron chi connectivity index (χ2n) is 4.83. The molecular formula is C16H26IN3O6S. The van der Waals surface area contributed by atoms with Gasteiger partial charge < -0.3 is 42.7 Å². The monoisotopic (exact) mass is 524 g/mol. The third kappa shape index (κ3) is 7.66. The maximum atomic E-state index is 12.7. The van der Waals surface area contributed by atoms with E-state index in [-0.39, 0.29) is 48.0 Å². The summed E-state index contributed by atoms with van der Waals surface area (Å²) in [6, 6.07) is -2.33. The molecule has 0 aliphatic heterocycles. The highest BCUT2D eigenvalue weighted by Gasteiger charge is 2.34. The van der Waals surface area contributed by atoms with Crippen LogP contribution in [0.3, 0.4) is 0 Å². The van der Waals surface area contributed by atoms with E-state index in [9.17, 15) is 14.4 Å². The molecule has 11 heteroatoms. The number of aromatic nitrogens is 2. The summed E-state index contributed by atoms with van der Waals surface area (Å²) in [5.41, 5.74) is -0.277. The first kappa shape index (κ1) is 13.8. The van der Waals surface area contributed by atoms with Crippen molar-refractivity contribution >= 4 is 29.1 Å². The smallest absolute Gasteiger partial charge is 0.420 e. The molecular weight excluding hydrogens is 489 g/mol. The van der Waals surface area contributed by atoms with E-state index < -0.39 is 55.2 Å². The van der Waals surface area contributed by atoms with Gasteiger partial charge in [0.15, 0.2) is 11.2 Å². The predicted octanol–water partition coefficient (Wildman–Crippen LogP) is -1.07. The van der Waals surface area contributed by atoms with Crippen molar-refractivity contribution in [3.05, 3.63) is 11.9 Å². The standard InChI is InChI=1S/C16H26N3O6S.HI/c1-7-24-15(21)18-10-11(17-14(18)26-16(22)25-8-2)9-12(13(20)23-6)19(3,4)5;/h10,12H,7-9H2,1-6H3;1H/q+1;/p-1/t12-;/m0./s1/i3D3,4D3,5D3;. The second kappa shape index (κ2) is 11.5. The normalized spacial score (nSPS) is 18.3. The van der Waals surface area contributed by atoms with Crippen LogP contribution in [0.4, 0.5) is 9.59 Å². The Bertz CT molecular complexity index is 900. The molecule has 0 aliphatic carbocycles. The minimum atomic E-state index is -3.75. The zero-order valence-corrected chi connectivity index (χ0v) is 17.8. The van der Waals surface area contributed by atoms with Gasteiger partial charge >= 0.3 is 17.4 Å². The fraction of sp³-hybridized carbons (Fsp3) is 0.625. The largest absolute Gasteiger partial charge is 1.00 e. The number of likely N-dealkylation sites (N-methyl/N-ethyl adjacent to an activating group) is 1. The number of nitrogens with zero attached hydrogens (tertiary/aromatic N) is 3. The van der Waals surface area contributed by atoms with Gasteiger partial charge in [-0.2, -0.15) is 0 Å². The van der Waals surface area contributed by atoms with Crippen LogP contribution >= 0.6 is 11.8 Å². The van der Waals surface area contributed by atoms with E-state index in [0.717, 1.165) is 17.9 Å². The molecule has 0 aromatic carbocycles. The maximum absolute atomic E-state index is 12.7. The minimum Gasteiger partial charge on any atom is -1.00 e. The summed E-state index contributed by atoms with van der Waals surface area (Å²) in [5, 5.41) is -1.15. The quantitative estimate of drug-likeness (QED) is 0.146. The number of esters is 1. The van der Waals surface area contributed by atoms with E-state index in [1.165, 1.54) is 6.92 Å². The molecule has 0 unspecified atom stereocenters. The molecule has 0 aliphatic rings. The molecule has 0 amide bonds. The first-order valence-corrected chi connectivity index (χ1v) is 8.27. The second-order valence-corrected chi connectivity index (χ2v) is 5.74. The van der Waals surface area contributed by atoms with Crippen molar-refractivity contribution in [3.8, 4) is 0 Å². The molecule has 154 valence electrons. The molecule has 0 spiro atoms. The number of carbonyl (C=O) groups excluding carboxylic acids is 3. The van der Waals surface area contributed by atoms with Crippen LogP contribution < -0.4 is 24.0 Å². The van der Waals surface area contributed by atoms with Crippen molar-refractivity contribution in [2.75, 3.05) is 41.3 Å². The number of thioether (sulfide) groups is 1. The fourth-order valence-corrected chi connectivity index (χ4v) is 2.55. The lowest BCUT2D eigenvalue weighted by Crippen LogP contribution is -3.00. The molecule has 27 heavy (non-hydrogen) atoms. The summed E-state index contributed by atoms with van der Waals surface area (Å²) in [4.78, 5) is 41.0. The Morgan fingerprint density at radius 1 is 1.26 bits per heavy atom. The molecule has 1 aromatic rings. The van der Waals surface area contributed by atoms with Gasteiger partial charge in [-0.05, 0) is 13.8 Å².